The van der Waals surface area contributed by atoms with Crippen molar-refractivity contribution in [2.45, 2.75) is 19.0 Å². The monoisotopic (exact) mass is 374 g/mol. The van der Waals surface area contributed by atoms with E-state index in [4.69, 9.17) is 10.2 Å². The zero-order chi connectivity index (χ0) is 18.6. The molecule has 0 bridgehead atoms. The molecule has 134 valence electrons. The summed E-state index contributed by atoms with van der Waals surface area (Å²) in [7, 11) is -2.44. The maximum absolute atomic E-state index is 13.5. The molecule has 1 aromatic rings. The number of aliphatic carboxylic acids is 2. The molecule has 0 heterocycles. The second kappa shape index (κ2) is 8.34. The van der Waals surface area contributed by atoms with Gasteiger partial charge in [0.2, 0.25) is 5.82 Å². The average molecular weight is 374 g/mol. The van der Waals surface area contributed by atoms with Crippen molar-refractivity contribution in [1.29, 1.82) is 0 Å². The molecule has 5 nitrogen and oxygen atoms in total. The number of benzene rings is 1. The van der Waals surface area contributed by atoms with Gasteiger partial charge in [-0.2, -0.15) is 0 Å². The zero-order valence-electron chi connectivity index (χ0n) is 11.9. The lowest BCUT2D eigenvalue weighted by Crippen LogP contribution is -2.19. The van der Waals surface area contributed by atoms with E-state index in [1.54, 1.807) is 0 Å². The van der Waals surface area contributed by atoms with Crippen LogP contribution < -0.4 is 0 Å². The van der Waals surface area contributed by atoms with Gasteiger partial charge in [0.15, 0.2) is 23.3 Å². The van der Waals surface area contributed by atoms with Crippen molar-refractivity contribution in [2.24, 2.45) is 5.92 Å². The number of carboxylic acids is 2. The quantitative estimate of drug-likeness (QED) is 0.282. The lowest BCUT2D eigenvalue weighted by molar-refractivity contribution is -0.142. The van der Waals surface area contributed by atoms with Gasteiger partial charge in [-0.1, -0.05) is 0 Å². The minimum Gasteiger partial charge on any atom is -0.481 e. The molecule has 0 aromatic heterocycles. The van der Waals surface area contributed by atoms with Crippen molar-refractivity contribution < 1.29 is 46.6 Å². The van der Waals surface area contributed by atoms with Crippen LogP contribution >= 0.6 is 8.15 Å². The van der Waals surface area contributed by atoms with Crippen molar-refractivity contribution in [1.82, 2.24) is 0 Å². The third kappa shape index (κ3) is 4.85. The molecule has 2 atom stereocenters. The molecule has 11 heteroatoms. The van der Waals surface area contributed by atoms with Gasteiger partial charge in [-0.15, -0.1) is 0 Å². The number of hydrogen-bond donors (Lipinski definition) is 3. The van der Waals surface area contributed by atoms with E-state index in [0.717, 1.165) is 0 Å². The highest BCUT2D eigenvalue weighted by molar-refractivity contribution is 7.50. The van der Waals surface area contributed by atoms with Gasteiger partial charge in [0.1, 0.15) is 0 Å². The van der Waals surface area contributed by atoms with Gasteiger partial charge in [0, 0.05) is 32.5 Å². The zero-order valence-corrected chi connectivity index (χ0v) is 12.8. The van der Waals surface area contributed by atoms with E-state index >= 15 is 0 Å². The second-order valence-electron chi connectivity index (χ2n) is 4.86. The Morgan fingerprint density at radius 1 is 0.917 bits per heavy atom. The highest BCUT2D eigenvalue weighted by Crippen LogP contribution is 2.40. The molecular formula is C13H12F5O5P. The molecule has 0 amide bonds. The van der Waals surface area contributed by atoms with E-state index in [1.807, 2.05) is 0 Å². The Morgan fingerprint density at radius 2 is 1.38 bits per heavy atom. The summed E-state index contributed by atoms with van der Waals surface area (Å²) in [5, 5.41) is 17.4. The van der Waals surface area contributed by atoms with Crippen LogP contribution in [-0.4, -0.2) is 33.2 Å². The third-order valence-corrected chi connectivity index (χ3v) is 4.67. The molecule has 3 N–H and O–H groups in total. The third-order valence-electron chi connectivity index (χ3n) is 3.13. The van der Waals surface area contributed by atoms with Gasteiger partial charge in [-0.3, -0.25) is 9.59 Å². The minimum absolute atomic E-state index is 0.346. The van der Waals surface area contributed by atoms with E-state index in [1.165, 1.54) is 0 Å². The fraction of sp³-hybridized carbons (Fsp3) is 0.385. The molecule has 0 spiro atoms. The van der Waals surface area contributed by atoms with Gasteiger partial charge in [0.05, 0.1) is 5.92 Å². The molecule has 0 aliphatic rings. The lowest BCUT2D eigenvalue weighted by atomic mass is 10.1. The molecule has 24 heavy (non-hydrogen) atoms. The van der Waals surface area contributed by atoms with Crippen molar-refractivity contribution in [3.63, 3.8) is 0 Å². The highest BCUT2D eigenvalue weighted by Gasteiger charge is 2.29. The molecule has 0 aliphatic heterocycles. The number of carbonyl (C=O) groups is 2. The Balaban J connectivity index is 2.93. The Hall–Kier alpha value is -1.80. The van der Waals surface area contributed by atoms with Crippen LogP contribution in [0.5, 0.6) is 0 Å². The molecule has 1 rings (SSSR count). The molecule has 0 saturated carbocycles. The summed E-state index contributed by atoms with van der Waals surface area (Å²) in [5.41, 5.74) is -1.23. The number of halogens is 5. The second-order valence-corrected chi connectivity index (χ2v) is 6.56. The van der Waals surface area contributed by atoms with Crippen molar-refractivity contribution in [3.05, 3.63) is 34.6 Å². The largest absolute Gasteiger partial charge is 0.481 e. The molecule has 0 fully saturated rings. The van der Waals surface area contributed by atoms with Gasteiger partial charge < -0.3 is 15.1 Å². The van der Waals surface area contributed by atoms with Crippen molar-refractivity contribution >= 4 is 20.1 Å². The van der Waals surface area contributed by atoms with Crippen molar-refractivity contribution in [3.8, 4) is 0 Å². The number of hydrogen-bond acceptors (Lipinski definition) is 3. The van der Waals surface area contributed by atoms with Crippen LogP contribution in [0.4, 0.5) is 22.0 Å². The van der Waals surface area contributed by atoms with Crippen molar-refractivity contribution in [2.75, 3.05) is 6.16 Å². The Bertz CT molecular complexity index is 625. The average Bonchev–Trinajstić information content (AvgIpc) is 2.51. The first kappa shape index (κ1) is 20.2. The normalized spacial score (nSPS) is 13.6. The fourth-order valence-corrected chi connectivity index (χ4v) is 3.50. The summed E-state index contributed by atoms with van der Waals surface area (Å²) < 4.78 is 66.0. The number of carboxylic acid groups (broad SMARTS) is 2. The first-order valence-electron chi connectivity index (χ1n) is 6.45. The minimum atomic E-state index is -2.44. The van der Waals surface area contributed by atoms with Crippen LogP contribution in [0.2, 0.25) is 0 Å². The van der Waals surface area contributed by atoms with Gasteiger partial charge in [-0.05, 0) is 6.42 Å². The Morgan fingerprint density at radius 3 is 1.79 bits per heavy atom. The standard InChI is InChI=1S/C13H12F5O5P/c14-8-6(9(15)11(17)12(18)10(8)16)4-24(23)3-5(13(21)22)1-2-7(19)20/h5,23H,1-4H2,(H,19,20)(H,21,22). The van der Waals surface area contributed by atoms with E-state index < -0.39 is 79.4 Å². The topological polar surface area (TPSA) is 94.8 Å². The van der Waals surface area contributed by atoms with E-state index in [-0.39, 0.29) is 6.42 Å². The first-order valence-corrected chi connectivity index (χ1v) is 8.11. The van der Waals surface area contributed by atoms with Crippen LogP contribution in [0, 0.1) is 35.0 Å². The predicted molar refractivity (Wildman–Crippen MR) is 71.9 cm³/mol. The Kier molecular flexibility index (Phi) is 7.04. The first-order chi connectivity index (χ1) is 11.1. The maximum atomic E-state index is 13.5. The summed E-state index contributed by atoms with van der Waals surface area (Å²) in [6.45, 7) is 0. The summed E-state index contributed by atoms with van der Waals surface area (Å²) >= 11 is 0. The van der Waals surface area contributed by atoms with Gasteiger partial charge in [-0.25, -0.2) is 22.0 Å². The van der Waals surface area contributed by atoms with E-state index in [0.29, 0.717) is 0 Å². The van der Waals surface area contributed by atoms with Crippen LogP contribution in [0.3, 0.4) is 0 Å². The molecule has 1 aromatic carbocycles. The molecule has 0 saturated heterocycles. The summed E-state index contributed by atoms with van der Waals surface area (Å²) in [5.74, 6) is -14.9. The van der Waals surface area contributed by atoms with Crippen LogP contribution in [-0.2, 0) is 15.8 Å². The summed E-state index contributed by atoms with van der Waals surface area (Å²) in [4.78, 5) is 31.2. The number of rotatable bonds is 8. The smallest absolute Gasteiger partial charge is 0.306 e. The van der Waals surface area contributed by atoms with Crippen LogP contribution in [0.15, 0.2) is 0 Å². The predicted octanol–water partition coefficient (Wildman–Crippen LogP) is 2.84. The molecule has 2 unspecified atom stereocenters. The molecule has 0 aliphatic carbocycles. The summed E-state index contributed by atoms with van der Waals surface area (Å²) in [6.07, 6.45) is -2.35. The maximum Gasteiger partial charge on any atom is 0.306 e. The van der Waals surface area contributed by atoms with E-state index in [2.05, 4.69) is 0 Å². The van der Waals surface area contributed by atoms with Gasteiger partial charge in [0.25, 0.3) is 0 Å². The molecule has 0 radical (unpaired) electrons. The highest BCUT2D eigenvalue weighted by atomic mass is 31.1. The lowest BCUT2D eigenvalue weighted by Gasteiger charge is -2.17. The van der Waals surface area contributed by atoms with Crippen LogP contribution in [0.1, 0.15) is 18.4 Å². The Labute approximate surface area is 133 Å². The fourth-order valence-electron chi connectivity index (χ4n) is 1.88. The van der Waals surface area contributed by atoms with Crippen LogP contribution in [0.25, 0.3) is 0 Å². The summed E-state index contributed by atoms with van der Waals surface area (Å²) in [6, 6.07) is 0. The molecular weight excluding hydrogens is 362 g/mol. The SMILES string of the molecule is O=C(O)CCC(CP(O)Cc1c(F)c(F)c(F)c(F)c1F)C(=O)O. The van der Waals surface area contributed by atoms with Gasteiger partial charge >= 0.3 is 11.9 Å². The van der Waals surface area contributed by atoms with E-state index in [9.17, 15) is 36.4 Å².